The van der Waals surface area contributed by atoms with Crippen LogP contribution in [-0.2, 0) is 6.42 Å². The van der Waals surface area contributed by atoms with E-state index in [2.05, 4.69) is 0 Å². The van der Waals surface area contributed by atoms with Gasteiger partial charge in [0.25, 0.3) is 0 Å². The molecule has 3 atom stereocenters. The molecule has 2 aliphatic rings. The van der Waals surface area contributed by atoms with Gasteiger partial charge in [-0.2, -0.15) is 0 Å². The average Bonchev–Trinajstić information content (AvgIpc) is 2.95. The van der Waals surface area contributed by atoms with Gasteiger partial charge in [0.1, 0.15) is 69.8 Å². The van der Waals surface area contributed by atoms with Gasteiger partial charge >= 0.3 is 0 Å². The van der Waals surface area contributed by atoms with Crippen LogP contribution in [0.25, 0.3) is 0 Å². The van der Waals surface area contributed by atoms with Crippen LogP contribution in [0.3, 0.4) is 0 Å². The molecule has 6 rings (SSSR count). The molecule has 0 amide bonds. The molecule has 0 fully saturated rings. The fraction of sp³-hybridized carbons (Fsp3) is 0.188. The first-order valence-corrected chi connectivity index (χ1v) is 13.2. The van der Waals surface area contributed by atoms with Gasteiger partial charge in [-0.1, -0.05) is 29.8 Å². The molecule has 4 aromatic rings. The van der Waals surface area contributed by atoms with Gasteiger partial charge in [-0.3, -0.25) is 9.59 Å². The molecule has 0 aliphatic carbocycles. The SMILES string of the molecule is Cc1ccc(O)cc1.O=C1c2c(O)cc(O)c(C[C@@H]3C(=O)c4c(O)cc(O)cc4O[C@H]3c3ccc(O)cc3)c2OC[C@H]1O. The Bertz CT molecular complexity index is 1670. The summed E-state index contributed by atoms with van der Waals surface area (Å²) in [6.07, 6.45) is -2.71. The number of aliphatic hydroxyl groups excluding tert-OH is 1. The summed E-state index contributed by atoms with van der Waals surface area (Å²) >= 11 is 0. The molecule has 0 saturated carbocycles. The van der Waals surface area contributed by atoms with E-state index in [0.717, 1.165) is 12.1 Å². The lowest BCUT2D eigenvalue weighted by molar-refractivity contribution is 0.0545. The molecule has 0 aromatic heterocycles. The molecule has 43 heavy (non-hydrogen) atoms. The molecule has 0 unspecified atom stereocenters. The second-order valence-corrected chi connectivity index (χ2v) is 10.3. The molecule has 0 spiro atoms. The van der Waals surface area contributed by atoms with Gasteiger partial charge < -0.3 is 45.2 Å². The molecular formula is C32H28O11. The summed E-state index contributed by atoms with van der Waals surface area (Å²) in [5, 5.41) is 69.4. The summed E-state index contributed by atoms with van der Waals surface area (Å²) in [7, 11) is 0. The molecule has 222 valence electrons. The third-order valence-corrected chi connectivity index (χ3v) is 7.22. The van der Waals surface area contributed by atoms with Crippen molar-refractivity contribution >= 4 is 11.6 Å². The Morgan fingerprint density at radius 2 is 1.33 bits per heavy atom. The number of carbonyl (C=O) groups is 2. The van der Waals surface area contributed by atoms with E-state index in [-0.39, 0.29) is 46.1 Å². The van der Waals surface area contributed by atoms with Crippen molar-refractivity contribution in [1.29, 1.82) is 0 Å². The first-order valence-electron chi connectivity index (χ1n) is 13.2. The van der Waals surface area contributed by atoms with Crippen molar-refractivity contribution in [2.24, 2.45) is 5.92 Å². The highest BCUT2D eigenvalue weighted by Crippen LogP contribution is 2.48. The maximum atomic E-state index is 13.6. The van der Waals surface area contributed by atoms with Crippen molar-refractivity contribution in [2.45, 2.75) is 25.6 Å². The largest absolute Gasteiger partial charge is 0.508 e. The number of aromatic hydroxyl groups is 6. The fourth-order valence-electron chi connectivity index (χ4n) is 5.07. The molecular weight excluding hydrogens is 560 g/mol. The Morgan fingerprint density at radius 1 is 0.721 bits per heavy atom. The summed E-state index contributed by atoms with van der Waals surface area (Å²) in [6.45, 7) is 1.58. The predicted molar refractivity (Wildman–Crippen MR) is 151 cm³/mol. The Kier molecular flexibility index (Phi) is 7.75. The van der Waals surface area contributed by atoms with E-state index in [1.165, 1.54) is 35.9 Å². The lowest BCUT2D eigenvalue weighted by Crippen LogP contribution is -2.35. The summed E-state index contributed by atoms with van der Waals surface area (Å²) in [4.78, 5) is 26.1. The molecule has 4 aromatic carbocycles. The Morgan fingerprint density at radius 3 is 1.95 bits per heavy atom. The first-order chi connectivity index (χ1) is 20.4. The normalized spacial score (nSPS) is 18.8. The summed E-state index contributed by atoms with van der Waals surface area (Å²) in [5.74, 6) is -4.13. The highest BCUT2D eigenvalue weighted by Gasteiger charge is 2.42. The number of benzene rings is 4. The van der Waals surface area contributed by atoms with Gasteiger partial charge in [-0.05, 0) is 43.2 Å². The van der Waals surface area contributed by atoms with Crippen LogP contribution in [-0.4, -0.2) is 60.0 Å². The highest BCUT2D eigenvalue weighted by atomic mass is 16.5. The minimum atomic E-state index is -1.49. The molecule has 0 radical (unpaired) electrons. The maximum Gasteiger partial charge on any atom is 0.202 e. The second kappa shape index (κ2) is 11.5. The number of Topliss-reactive ketones (excluding diaryl/α,β-unsaturated/α-hetero) is 2. The number of fused-ring (bicyclic) bond motifs is 2. The predicted octanol–water partition coefficient (Wildman–Crippen LogP) is 4.03. The van der Waals surface area contributed by atoms with E-state index in [4.69, 9.17) is 14.6 Å². The summed E-state index contributed by atoms with van der Waals surface area (Å²) < 4.78 is 11.5. The topological polar surface area (TPSA) is 194 Å². The molecule has 7 N–H and O–H groups in total. The maximum absolute atomic E-state index is 13.6. The summed E-state index contributed by atoms with van der Waals surface area (Å²) in [5.41, 5.74) is 1.21. The minimum Gasteiger partial charge on any atom is -0.508 e. The van der Waals surface area contributed by atoms with Gasteiger partial charge in [0.2, 0.25) is 5.78 Å². The van der Waals surface area contributed by atoms with Crippen LogP contribution in [0.1, 0.15) is 43.5 Å². The molecule has 2 aliphatic heterocycles. The smallest absolute Gasteiger partial charge is 0.202 e. The van der Waals surface area contributed by atoms with Gasteiger partial charge in [0.05, 0.1) is 5.92 Å². The van der Waals surface area contributed by atoms with Crippen LogP contribution in [0.4, 0.5) is 0 Å². The Hall–Kier alpha value is -5.42. The monoisotopic (exact) mass is 588 g/mol. The van der Waals surface area contributed by atoms with Crippen LogP contribution in [0.15, 0.2) is 66.7 Å². The van der Waals surface area contributed by atoms with Gasteiger partial charge in [-0.25, -0.2) is 0 Å². The van der Waals surface area contributed by atoms with Crippen LogP contribution in [0, 0.1) is 12.8 Å². The fourth-order valence-corrected chi connectivity index (χ4v) is 5.07. The second-order valence-electron chi connectivity index (χ2n) is 10.3. The lowest BCUT2D eigenvalue weighted by atomic mass is 9.80. The van der Waals surface area contributed by atoms with E-state index >= 15 is 0 Å². The standard InChI is InChI=1S/C25H20O10.C7H8O/c26-11-3-1-10(2-4-11)24-14(22(32)20-16(29)5-12(27)6-19(20)35-24)7-13-15(28)8-17(30)21-23(33)18(31)9-34-25(13)21;1-6-2-4-7(8)5-3-6/h1-6,8,14,18,24,26-31H,7,9H2;2-5,8H,1H3/t14-,18-,24+;/m1./s1. The minimum absolute atomic E-state index is 0.0150. The van der Waals surface area contributed by atoms with Crippen molar-refractivity contribution in [2.75, 3.05) is 6.61 Å². The van der Waals surface area contributed by atoms with Gasteiger partial charge in [-0.15, -0.1) is 0 Å². The van der Waals surface area contributed by atoms with Crippen LogP contribution < -0.4 is 9.47 Å². The number of ketones is 2. The highest BCUT2D eigenvalue weighted by molar-refractivity contribution is 6.06. The molecule has 0 saturated heterocycles. The number of aryl methyl sites for hydroxylation is 1. The van der Waals surface area contributed by atoms with Crippen molar-refractivity contribution < 1.29 is 54.8 Å². The van der Waals surface area contributed by atoms with E-state index in [1.54, 1.807) is 12.1 Å². The lowest BCUT2D eigenvalue weighted by Gasteiger charge is -2.34. The Labute approximate surface area is 245 Å². The van der Waals surface area contributed by atoms with Crippen molar-refractivity contribution in [1.82, 2.24) is 0 Å². The number of hydrogen-bond acceptors (Lipinski definition) is 11. The van der Waals surface area contributed by atoms with Crippen molar-refractivity contribution in [3.05, 3.63) is 94.5 Å². The van der Waals surface area contributed by atoms with Crippen LogP contribution in [0.2, 0.25) is 0 Å². The number of carbonyl (C=O) groups excluding carboxylic acids is 2. The quantitative estimate of drug-likeness (QED) is 0.183. The number of phenols is 6. The summed E-state index contributed by atoms with van der Waals surface area (Å²) in [6, 6.07) is 16.1. The zero-order valence-electron chi connectivity index (χ0n) is 22.8. The van der Waals surface area contributed by atoms with Crippen molar-refractivity contribution in [3.8, 4) is 46.0 Å². The van der Waals surface area contributed by atoms with Crippen molar-refractivity contribution in [3.63, 3.8) is 0 Å². The van der Waals surface area contributed by atoms with E-state index in [9.17, 15) is 40.2 Å². The Balaban J connectivity index is 0.000000400. The van der Waals surface area contributed by atoms with Crippen LogP contribution in [0.5, 0.6) is 46.0 Å². The van der Waals surface area contributed by atoms with E-state index in [1.807, 2.05) is 19.1 Å². The molecule has 0 bridgehead atoms. The van der Waals surface area contributed by atoms with Crippen LogP contribution >= 0.6 is 0 Å². The number of rotatable bonds is 3. The van der Waals surface area contributed by atoms with E-state index < -0.39 is 53.5 Å². The van der Waals surface area contributed by atoms with Gasteiger partial charge in [0.15, 0.2) is 11.9 Å². The number of aliphatic hydroxyl groups is 1. The number of phenolic OH excluding ortho intramolecular Hbond substituents is 6. The zero-order valence-corrected chi connectivity index (χ0v) is 22.8. The number of hydrogen-bond donors (Lipinski definition) is 7. The molecule has 2 heterocycles. The first kappa shape index (κ1) is 29.1. The molecule has 11 heteroatoms. The third-order valence-electron chi connectivity index (χ3n) is 7.22. The molecule has 11 nitrogen and oxygen atoms in total. The average molecular weight is 589 g/mol. The van der Waals surface area contributed by atoms with E-state index in [0.29, 0.717) is 11.3 Å². The number of ether oxygens (including phenoxy) is 2. The third kappa shape index (κ3) is 5.70. The van der Waals surface area contributed by atoms with Gasteiger partial charge in [0, 0.05) is 23.8 Å². The zero-order chi connectivity index (χ0) is 31.0.